The second-order valence-corrected chi connectivity index (χ2v) is 4.99. The zero-order chi connectivity index (χ0) is 11.3. The van der Waals surface area contributed by atoms with Crippen LogP contribution in [0.5, 0.6) is 0 Å². The predicted molar refractivity (Wildman–Crippen MR) is 67.9 cm³/mol. The van der Waals surface area contributed by atoms with Crippen LogP contribution >= 0.6 is 0 Å². The predicted octanol–water partition coefficient (Wildman–Crippen LogP) is 3.39. The molecule has 0 bridgehead atoms. The maximum atomic E-state index is 3.37. The molecule has 0 aromatic heterocycles. The molecule has 0 aromatic carbocycles. The first kappa shape index (κ1) is 12.5. The Kier molecular flexibility index (Phi) is 5.10. The summed E-state index contributed by atoms with van der Waals surface area (Å²) in [4.78, 5) is 0. The van der Waals surface area contributed by atoms with E-state index in [1.165, 1.54) is 6.42 Å². The lowest BCUT2D eigenvalue weighted by Crippen LogP contribution is -2.27. The van der Waals surface area contributed by atoms with Gasteiger partial charge in [0, 0.05) is 6.04 Å². The quantitative estimate of drug-likeness (QED) is 0.650. The van der Waals surface area contributed by atoms with E-state index in [-0.39, 0.29) is 0 Å². The molecule has 0 amide bonds. The molecule has 1 aliphatic rings. The molecule has 0 aliphatic heterocycles. The zero-order valence-corrected chi connectivity index (χ0v) is 10.5. The number of nitrogens with one attached hydrogen (secondary N) is 1. The molecule has 0 fully saturated rings. The van der Waals surface area contributed by atoms with Crippen molar-refractivity contribution in [3.63, 3.8) is 0 Å². The van der Waals surface area contributed by atoms with Crippen molar-refractivity contribution >= 4 is 0 Å². The molecule has 86 valence electrons. The summed E-state index contributed by atoms with van der Waals surface area (Å²) in [6.45, 7) is 6.96. The Morgan fingerprint density at radius 2 is 1.80 bits per heavy atom. The molecule has 1 heteroatoms. The fourth-order valence-electron chi connectivity index (χ4n) is 2.00. The van der Waals surface area contributed by atoms with Crippen LogP contribution in [0.2, 0.25) is 0 Å². The Hall–Kier alpha value is -0.560. The SMILES string of the molecule is CNC1C=CCC(C)C=CC(C)[C@@H](C)C1. The third-order valence-corrected chi connectivity index (χ3v) is 3.51. The largest absolute Gasteiger partial charge is 0.314 e. The number of hydrogen-bond acceptors (Lipinski definition) is 1. The van der Waals surface area contributed by atoms with E-state index in [0.29, 0.717) is 17.9 Å². The van der Waals surface area contributed by atoms with Gasteiger partial charge in [-0.15, -0.1) is 0 Å². The summed E-state index contributed by atoms with van der Waals surface area (Å²) >= 11 is 0. The molecule has 1 rings (SSSR count). The van der Waals surface area contributed by atoms with Gasteiger partial charge in [-0.05, 0) is 37.6 Å². The molecule has 1 N–H and O–H groups in total. The van der Waals surface area contributed by atoms with Gasteiger partial charge in [0.15, 0.2) is 0 Å². The lowest BCUT2D eigenvalue weighted by molar-refractivity contribution is 0.388. The number of allylic oxidation sites excluding steroid dienone is 3. The van der Waals surface area contributed by atoms with Gasteiger partial charge < -0.3 is 5.32 Å². The van der Waals surface area contributed by atoms with Crippen LogP contribution < -0.4 is 5.32 Å². The second kappa shape index (κ2) is 6.12. The Morgan fingerprint density at radius 1 is 1.07 bits per heavy atom. The summed E-state index contributed by atoms with van der Waals surface area (Å²) in [5.74, 6) is 2.11. The summed E-state index contributed by atoms with van der Waals surface area (Å²) in [6, 6.07) is 0.543. The van der Waals surface area contributed by atoms with Crippen molar-refractivity contribution in [3.8, 4) is 0 Å². The van der Waals surface area contributed by atoms with Gasteiger partial charge in [0.25, 0.3) is 0 Å². The lowest BCUT2D eigenvalue weighted by Gasteiger charge is -2.22. The van der Waals surface area contributed by atoms with Gasteiger partial charge in [-0.25, -0.2) is 0 Å². The maximum absolute atomic E-state index is 3.37. The van der Waals surface area contributed by atoms with E-state index >= 15 is 0 Å². The average Bonchev–Trinajstić information content (AvgIpc) is 2.23. The van der Waals surface area contributed by atoms with E-state index < -0.39 is 0 Å². The van der Waals surface area contributed by atoms with Crippen LogP contribution in [0.15, 0.2) is 24.3 Å². The second-order valence-electron chi connectivity index (χ2n) is 4.99. The maximum Gasteiger partial charge on any atom is 0.0249 e. The first-order chi connectivity index (χ1) is 7.13. The van der Waals surface area contributed by atoms with Gasteiger partial charge in [-0.3, -0.25) is 0 Å². The fraction of sp³-hybridized carbons (Fsp3) is 0.714. The zero-order valence-electron chi connectivity index (χ0n) is 10.5. The highest BCUT2D eigenvalue weighted by molar-refractivity contribution is 5.01. The Balaban J connectivity index is 2.70. The monoisotopic (exact) mass is 207 g/mol. The number of hydrogen-bond donors (Lipinski definition) is 1. The molecule has 0 radical (unpaired) electrons. The molecule has 3 unspecified atom stereocenters. The van der Waals surface area contributed by atoms with E-state index in [1.807, 2.05) is 0 Å². The van der Waals surface area contributed by atoms with Crippen molar-refractivity contribution in [2.24, 2.45) is 17.8 Å². The molecule has 0 saturated carbocycles. The van der Waals surface area contributed by atoms with Gasteiger partial charge in [0.05, 0.1) is 0 Å². The number of likely N-dealkylation sites (N-methyl/N-ethyl adjacent to an activating group) is 1. The smallest absolute Gasteiger partial charge is 0.0249 e. The highest BCUT2D eigenvalue weighted by Crippen LogP contribution is 2.21. The molecule has 15 heavy (non-hydrogen) atoms. The van der Waals surface area contributed by atoms with Crippen LogP contribution in [0.4, 0.5) is 0 Å². The Labute approximate surface area is 94.6 Å². The van der Waals surface area contributed by atoms with Crippen LogP contribution in [0.25, 0.3) is 0 Å². The van der Waals surface area contributed by atoms with Crippen molar-refractivity contribution < 1.29 is 0 Å². The Bertz CT molecular complexity index is 229. The number of rotatable bonds is 1. The van der Waals surface area contributed by atoms with Crippen molar-refractivity contribution in [2.45, 2.75) is 39.7 Å². The third-order valence-electron chi connectivity index (χ3n) is 3.51. The van der Waals surface area contributed by atoms with E-state index in [1.54, 1.807) is 0 Å². The van der Waals surface area contributed by atoms with Crippen molar-refractivity contribution in [1.29, 1.82) is 0 Å². The first-order valence-electron chi connectivity index (χ1n) is 6.15. The molecular weight excluding hydrogens is 182 g/mol. The van der Waals surface area contributed by atoms with Gasteiger partial charge in [-0.2, -0.15) is 0 Å². The van der Waals surface area contributed by atoms with Gasteiger partial charge in [0.1, 0.15) is 0 Å². The fourth-order valence-corrected chi connectivity index (χ4v) is 2.00. The van der Waals surface area contributed by atoms with Gasteiger partial charge >= 0.3 is 0 Å². The summed E-state index contributed by atoms with van der Waals surface area (Å²) in [5, 5.41) is 3.37. The Morgan fingerprint density at radius 3 is 2.47 bits per heavy atom. The summed E-state index contributed by atoms with van der Waals surface area (Å²) < 4.78 is 0. The molecule has 0 heterocycles. The minimum atomic E-state index is 0.543. The molecule has 0 saturated heterocycles. The lowest BCUT2D eigenvalue weighted by atomic mass is 9.87. The van der Waals surface area contributed by atoms with Crippen LogP contribution in [0, 0.1) is 17.8 Å². The van der Waals surface area contributed by atoms with E-state index in [0.717, 1.165) is 12.3 Å². The highest BCUT2D eigenvalue weighted by atomic mass is 14.9. The van der Waals surface area contributed by atoms with E-state index in [9.17, 15) is 0 Å². The molecule has 0 aromatic rings. The standard InChI is InChI=1S/C14H25N/c1-11-6-5-7-14(15-4)10-13(3)12(2)9-8-11/h5,7-9,11-15H,6,10H2,1-4H3/t11?,12?,13-,14?/m0/s1. The highest BCUT2D eigenvalue weighted by Gasteiger charge is 2.14. The first-order valence-corrected chi connectivity index (χ1v) is 6.15. The minimum Gasteiger partial charge on any atom is -0.314 e. The van der Waals surface area contributed by atoms with E-state index in [4.69, 9.17) is 0 Å². The normalized spacial score (nSPS) is 37.9. The van der Waals surface area contributed by atoms with Crippen LogP contribution in [-0.2, 0) is 0 Å². The van der Waals surface area contributed by atoms with E-state index in [2.05, 4.69) is 57.4 Å². The molecular formula is C14H25N. The topological polar surface area (TPSA) is 12.0 Å². The van der Waals surface area contributed by atoms with Gasteiger partial charge in [-0.1, -0.05) is 45.1 Å². The molecule has 0 spiro atoms. The summed E-state index contributed by atoms with van der Waals surface area (Å²) in [6.07, 6.45) is 11.8. The third kappa shape index (κ3) is 4.21. The molecule has 1 aliphatic carbocycles. The average molecular weight is 207 g/mol. The summed E-state index contributed by atoms with van der Waals surface area (Å²) in [7, 11) is 2.05. The summed E-state index contributed by atoms with van der Waals surface area (Å²) in [5.41, 5.74) is 0. The van der Waals surface area contributed by atoms with Crippen LogP contribution in [-0.4, -0.2) is 13.1 Å². The minimum absolute atomic E-state index is 0.543. The molecule has 4 atom stereocenters. The van der Waals surface area contributed by atoms with Crippen molar-refractivity contribution in [2.75, 3.05) is 7.05 Å². The molecule has 1 nitrogen and oxygen atoms in total. The van der Waals surface area contributed by atoms with Gasteiger partial charge in [0.2, 0.25) is 0 Å². The van der Waals surface area contributed by atoms with Crippen LogP contribution in [0.1, 0.15) is 33.6 Å². The van der Waals surface area contributed by atoms with Crippen molar-refractivity contribution in [3.05, 3.63) is 24.3 Å². The van der Waals surface area contributed by atoms with Crippen molar-refractivity contribution in [1.82, 2.24) is 5.32 Å². The van der Waals surface area contributed by atoms with Crippen LogP contribution in [0.3, 0.4) is 0 Å².